The zero-order valence-electron chi connectivity index (χ0n) is 38.6. The van der Waals surface area contributed by atoms with Crippen LogP contribution in [0.4, 0.5) is 0 Å². The van der Waals surface area contributed by atoms with E-state index in [-0.39, 0.29) is 24.9 Å². The highest BCUT2D eigenvalue weighted by molar-refractivity contribution is 5.77. The molecule has 0 radical (unpaired) electrons. The average molecular weight is 824 g/mol. The Bertz CT molecular complexity index is 1110. The molecule has 0 aromatic rings. The summed E-state index contributed by atoms with van der Waals surface area (Å²) in [5, 5.41) is 23.7. The summed E-state index contributed by atoms with van der Waals surface area (Å²) in [7, 11) is 0. The van der Waals surface area contributed by atoms with Crippen molar-refractivity contribution in [3.63, 3.8) is 0 Å². The monoisotopic (exact) mass is 824 g/mol. The molecule has 0 saturated heterocycles. The summed E-state index contributed by atoms with van der Waals surface area (Å²) in [4.78, 5) is 26.1. The number of rotatable bonds is 43. The van der Waals surface area contributed by atoms with Gasteiger partial charge in [-0.2, -0.15) is 0 Å². The lowest BCUT2D eigenvalue weighted by molar-refractivity contribution is -0.151. The fraction of sp³-hybridized carbons (Fsp3) is 0.736. The first kappa shape index (κ1) is 56.3. The average Bonchev–Trinajstić information content (AvgIpc) is 3.23. The molecule has 0 rings (SSSR count). The molecule has 6 nitrogen and oxygen atoms in total. The van der Waals surface area contributed by atoms with Crippen LogP contribution in [0.5, 0.6) is 0 Å². The predicted octanol–water partition coefficient (Wildman–Crippen LogP) is 14.6. The van der Waals surface area contributed by atoms with Crippen LogP contribution >= 0.6 is 0 Å². The molecule has 3 unspecified atom stereocenters. The van der Waals surface area contributed by atoms with Crippen LogP contribution in [-0.2, 0) is 14.3 Å². The molecule has 0 aromatic heterocycles. The third-order valence-electron chi connectivity index (χ3n) is 10.9. The van der Waals surface area contributed by atoms with Crippen LogP contribution in [0, 0.1) is 0 Å². The third-order valence-corrected chi connectivity index (χ3v) is 10.9. The highest BCUT2D eigenvalue weighted by Crippen LogP contribution is 2.17. The highest BCUT2D eigenvalue weighted by Gasteiger charge is 2.24. The van der Waals surface area contributed by atoms with E-state index in [1.165, 1.54) is 83.5 Å². The van der Waals surface area contributed by atoms with Crippen LogP contribution in [0.15, 0.2) is 72.9 Å². The summed E-state index contributed by atoms with van der Waals surface area (Å²) < 4.78 is 5.91. The van der Waals surface area contributed by atoms with Gasteiger partial charge in [-0.3, -0.25) is 9.59 Å². The number of carbonyl (C=O) groups excluding carboxylic acids is 2. The Morgan fingerprint density at radius 3 is 1.56 bits per heavy atom. The summed E-state index contributed by atoms with van der Waals surface area (Å²) >= 11 is 0. The molecule has 1 amide bonds. The van der Waals surface area contributed by atoms with Crippen molar-refractivity contribution < 1.29 is 24.5 Å². The van der Waals surface area contributed by atoms with Crippen LogP contribution in [-0.4, -0.2) is 46.9 Å². The molecule has 0 fully saturated rings. The van der Waals surface area contributed by atoms with Gasteiger partial charge in [0.1, 0.15) is 6.10 Å². The Balaban J connectivity index is 4.68. The quantitative estimate of drug-likeness (QED) is 0.0246. The van der Waals surface area contributed by atoms with Crippen LogP contribution in [0.1, 0.15) is 226 Å². The SMILES string of the molecule is CC/C=C/C=C/C=C/C=C\CCCCCCCC(=O)OC(CCCCCCC/C=C\C/C=C\CCCCC)CC(=O)NC(CO)C(O)CCCCCCCCCCCC. The lowest BCUT2D eigenvalue weighted by atomic mass is 10.0. The standard InChI is InChI=1S/C53H93NO5/c1-4-7-10-13-16-19-22-24-26-28-30-32-35-38-41-44-49(59-53(58)46-43-40-37-34-31-29-27-25-23-20-17-14-11-8-5-2)47-52(57)54-50(48-55)51(56)45-42-39-36-33-21-18-15-12-9-6-3/h8,11,14,16-17,19-20,23-27,49-51,55-56H,4-7,9-10,12-13,15,18,21-22,28-48H2,1-3H3,(H,54,57)/b11-8+,17-14+,19-16-,23-20+,26-24-,27-25-. The minimum absolute atomic E-state index is 0.0555. The van der Waals surface area contributed by atoms with Gasteiger partial charge in [0.15, 0.2) is 0 Å². The zero-order chi connectivity index (χ0) is 43.1. The number of esters is 1. The molecular weight excluding hydrogens is 731 g/mol. The maximum Gasteiger partial charge on any atom is 0.306 e. The molecule has 0 heterocycles. The lowest BCUT2D eigenvalue weighted by Gasteiger charge is -2.24. The van der Waals surface area contributed by atoms with Crippen LogP contribution in [0.2, 0.25) is 0 Å². The van der Waals surface area contributed by atoms with Gasteiger partial charge in [-0.1, -0.05) is 209 Å². The van der Waals surface area contributed by atoms with Crippen molar-refractivity contribution in [2.24, 2.45) is 0 Å². The first-order valence-corrected chi connectivity index (χ1v) is 24.7. The second-order valence-corrected chi connectivity index (χ2v) is 16.6. The van der Waals surface area contributed by atoms with Gasteiger partial charge in [0.2, 0.25) is 5.91 Å². The molecule has 59 heavy (non-hydrogen) atoms. The molecular formula is C53H93NO5. The van der Waals surface area contributed by atoms with Crippen molar-refractivity contribution in [2.75, 3.05) is 6.61 Å². The topological polar surface area (TPSA) is 95.9 Å². The van der Waals surface area contributed by atoms with E-state index in [4.69, 9.17) is 4.74 Å². The number of aliphatic hydroxyl groups is 2. The van der Waals surface area contributed by atoms with E-state index < -0.39 is 18.2 Å². The number of aliphatic hydroxyl groups excluding tert-OH is 2. The largest absolute Gasteiger partial charge is 0.462 e. The normalized spacial score (nSPS) is 13.9. The lowest BCUT2D eigenvalue weighted by Crippen LogP contribution is -2.46. The van der Waals surface area contributed by atoms with Crippen molar-refractivity contribution in [1.82, 2.24) is 5.32 Å². The van der Waals surface area contributed by atoms with Crippen molar-refractivity contribution >= 4 is 11.9 Å². The van der Waals surface area contributed by atoms with Gasteiger partial charge in [-0.25, -0.2) is 0 Å². The van der Waals surface area contributed by atoms with E-state index in [1.54, 1.807) is 0 Å². The Labute approximate surface area is 364 Å². The molecule has 0 aliphatic rings. The Kier molecular flexibility index (Phi) is 44.2. The third kappa shape index (κ3) is 41.8. The van der Waals surface area contributed by atoms with Crippen molar-refractivity contribution in [3.8, 4) is 0 Å². The number of nitrogens with one attached hydrogen (secondary N) is 1. The molecule has 3 N–H and O–H groups in total. The first-order valence-electron chi connectivity index (χ1n) is 24.7. The minimum Gasteiger partial charge on any atom is -0.462 e. The van der Waals surface area contributed by atoms with Gasteiger partial charge >= 0.3 is 5.97 Å². The molecule has 0 spiro atoms. The molecule has 0 bridgehead atoms. The van der Waals surface area contributed by atoms with Gasteiger partial charge in [-0.15, -0.1) is 0 Å². The number of carbonyl (C=O) groups is 2. The summed E-state index contributed by atoms with van der Waals surface area (Å²) in [6, 6.07) is -0.713. The minimum atomic E-state index is -0.797. The first-order chi connectivity index (χ1) is 29.0. The molecule has 0 aromatic carbocycles. The maximum absolute atomic E-state index is 13.2. The van der Waals surface area contributed by atoms with E-state index >= 15 is 0 Å². The van der Waals surface area contributed by atoms with Gasteiger partial charge in [-0.05, 0) is 77.0 Å². The highest BCUT2D eigenvalue weighted by atomic mass is 16.5. The summed E-state index contributed by atoms with van der Waals surface area (Å²) in [5.74, 6) is -0.518. The fourth-order valence-electron chi connectivity index (χ4n) is 7.12. The number of allylic oxidation sites excluding steroid dienone is 12. The molecule has 340 valence electrons. The van der Waals surface area contributed by atoms with Gasteiger partial charge in [0.05, 0.1) is 25.2 Å². The van der Waals surface area contributed by atoms with E-state index in [0.29, 0.717) is 19.3 Å². The molecule has 3 atom stereocenters. The van der Waals surface area contributed by atoms with Crippen molar-refractivity contribution in [2.45, 2.75) is 244 Å². The smallest absolute Gasteiger partial charge is 0.306 e. The summed E-state index contributed by atoms with van der Waals surface area (Å²) in [6.45, 7) is 6.29. The number of hydrogen-bond acceptors (Lipinski definition) is 5. The summed E-state index contributed by atoms with van der Waals surface area (Å²) in [5.41, 5.74) is 0. The van der Waals surface area contributed by atoms with Crippen LogP contribution in [0.25, 0.3) is 0 Å². The van der Waals surface area contributed by atoms with Crippen molar-refractivity contribution in [3.05, 3.63) is 72.9 Å². The van der Waals surface area contributed by atoms with E-state index in [0.717, 1.165) is 96.3 Å². The molecule has 0 aliphatic carbocycles. The number of unbranched alkanes of at least 4 members (excludes halogenated alkanes) is 22. The zero-order valence-corrected chi connectivity index (χ0v) is 38.6. The molecule has 6 heteroatoms. The van der Waals surface area contributed by atoms with E-state index in [9.17, 15) is 19.8 Å². The molecule has 0 saturated carbocycles. The fourth-order valence-corrected chi connectivity index (χ4v) is 7.12. The number of hydrogen-bond donors (Lipinski definition) is 3. The second kappa shape index (κ2) is 46.4. The van der Waals surface area contributed by atoms with Gasteiger partial charge < -0.3 is 20.3 Å². The van der Waals surface area contributed by atoms with Crippen LogP contribution in [0.3, 0.4) is 0 Å². The molecule has 0 aliphatic heterocycles. The Morgan fingerprint density at radius 2 is 0.983 bits per heavy atom. The Hall–Kier alpha value is -2.70. The number of amides is 1. The van der Waals surface area contributed by atoms with Crippen LogP contribution < -0.4 is 5.32 Å². The predicted molar refractivity (Wildman–Crippen MR) is 255 cm³/mol. The van der Waals surface area contributed by atoms with E-state index in [1.807, 2.05) is 18.2 Å². The Morgan fingerprint density at radius 1 is 0.525 bits per heavy atom. The number of ether oxygens (including phenoxy) is 1. The van der Waals surface area contributed by atoms with Gasteiger partial charge in [0.25, 0.3) is 0 Å². The van der Waals surface area contributed by atoms with Crippen molar-refractivity contribution in [1.29, 1.82) is 0 Å². The van der Waals surface area contributed by atoms with E-state index in [2.05, 4.69) is 80.8 Å². The summed E-state index contributed by atoms with van der Waals surface area (Å²) in [6.07, 6.45) is 58.1. The maximum atomic E-state index is 13.2. The van der Waals surface area contributed by atoms with Gasteiger partial charge in [0, 0.05) is 6.42 Å². The second-order valence-electron chi connectivity index (χ2n) is 16.6.